The van der Waals surface area contributed by atoms with Gasteiger partial charge in [-0.15, -0.1) is 0 Å². The molecule has 0 aliphatic carbocycles. The summed E-state index contributed by atoms with van der Waals surface area (Å²) in [5.41, 5.74) is 0.905. The minimum absolute atomic E-state index is 0.0564. The van der Waals surface area contributed by atoms with Gasteiger partial charge in [0.25, 0.3) is 15.9 Å². The van der Waals surface area contributed by atoms with E-state index in [9.17, 15) is 22.8 Å². The molecule has 1 atom stereocenters. The van der Waals surface area contributed by atoms with Crippen LogP contribution in [-0.2, 0) is 26.2 Å². The van der Waals surface area contributed by atoms with Crippen LogP contribution >= 0.6 is 15.9 Å². The summed E-state index contributed by atoms with van der Waals surface area (Å²) in [7, 11) is -4.00. The van der Waals surface area contributed by atoms with E-state index in [4.69, 9.17) is 0 Å². The van der Waals surface area contributed by atoms with Crippen molar-refractivity contribution in [3.8, 4) is 0 Å². The van der Waals surface area contributed by atoms with Crippen LogP contribution < -0.4 is 5.32 Å². The summed E-state index contributed by atoms with van der Waals surface area (Å²) in [6, 6.07) is 12.5. The van der Waals surface area contributed by atoms with E-state index in [1.165, 1.54) is 17.0 Å². The molecule has 1 N–H and O–H groups in total. The smallest absolute Gasteiger partial charge is 0.269 e. The number of amides is 3. The minimum atomic E-state index is -4.00. The number of halogens is 1. The number of carbonyl (C=O) groups excluding carboxylic acids is 3. The predicted molar refractivity (Wildman–Crippen MR) is 122 cm³/mol. The number of rotatable bonds is 8. The van der Waals surface area contributed by atoms with Gasteiger partial charge < -0.3 is 10.2 Å². The average molecular weight is 522 g/mol. The number of fused-ring (bicyclic) bond motifs is 1. The molecule has 0 saturated heterocycles. The van der Waals surface area contributed by atoms with E-state index in [1.54, 1.807) is 26.0 Å². The van der Waals surface area contributed by atoms with E-state index >= 15 is 0 Å². The van der Waals surface area contributed by atoms with Gasteiger partial charge in [-0.1, -0.05) is 40.2 Å². The third-order valence-corrected chi connectivity index (χ3v) is 7.53. The molecule has 0 aromatic heterocycles. The summed E-state index contributed by atoms with van der Waals surface area (Å²) in [4.78, 5) is 39.5. The van der Waals surface area contributed by atoms with Crippen molar-refractivity contribution < 1.29 is 22.8 Å². The second-order valence-electron chi connectivity index (χ2n) is 7.35. The van der Waals surface area contributed by atoms with Crippen molar-refractivity contribution in [1.29, 1.82) is 0 Å². The molecule has 0 radical (unpaired) electrons. The number of sulfonamides is 1. The summed E-state index contributed by atoms with van der Waals surface area (Å²) >= 11 is 3.40. The molecule has 32 heavy (non-hydrogen) atoms. The number of hydrogen-bond acceptors (Lipinski definition) is 5. The summed E-state index contributed by atoms with van der Waals surface area (Å²) in [6.07, 6.45) is -0.239. The lowest BCUT2D eigenvalue weighted by molar-refractivity contribution is -0.140. The largest absolute Gasteiger partial charge is 0.355 e. The Labute approximate surface area is 195 Å². The lowest BCUT2D eigenvalue weighted by Crippen LogP contribution is -2.48. The molecular weight excluding hydrogens is 498 g/mol. The standard InChI is InChI=1S/C22H24BrN3O5S/c1-3-24-21(28)15(2)25(14-16-7-6-8-17(23)13-16)20(27)11-12-26-22(29)18-9-4-5-10-19(18)32(26,30)31/h4-10,13,15H,3,11-12,14H2,1-2H3,(H,24,28)/t15-/m0/s1. The Bertz CT molecular complexity index is 1150. The van der Waals surface area contributed by atoms with Crippen LogP contribution in [0.2, 0.25) is 0 Å². The fourth-order valence-electron chi connectivity index (χ4n) is 3.53. The lowest BCUT2D eigenvalue weighted by Gasteiger charge is -2.29. The van der Waals surface area contributed by atoms with Crippen LogP contribution in [0.25, 0.3) is 0 Å². The minimum Gasteiger partial charge on any atom is -0.355 e. The van der Waals surface area contributed by atoms with Crippen LogP contribution in [0.1, 0.15) is 36.2 Å². The second kappa shape index (κ2) is 9.83. The molecule has 0 spiro atoms. The number of nitrogens with zero attached hydrogens (tertiary/aromatic N) is 2. The van der Waals surface area contributed by atoms with E-state index in [0.717, 1.165) is 14.3 Å². The van der Waals surface area contributed by atoms with E-state index < -0.39 is 27.9 Å². The van der Waals surface area contributed by atoms with E-state index in [1.807, 2.05) is 24.3 Å². The van der Waals surface area contributed by atoms with Gasteiger partial charge in [0.05, 0.1) is 5.56 Å². The van der Waals surface area contributed by atoms with Crippen LogP contribution in [0.4, 0.5) is 0 Å². The van der Waals surface area contributed by atoms with Gasteiger partial charge in [-0.3, -0.25) is 14.4 Å². The number of carbonyl (C=O) groups is 3. The Morgan fingerprint density at radius 2 is 1.88 bits per heavy atom. The van der Waals surface area contributed by atoms with Gasteiger partial charge in [0.15, 0.2) is 0 Å². The van der Waals surface area contributed by atoms with Crippen LogP contribution in [-0.4, -0.2) is 54.5 Å². The quantitative estimate of drug-likeness (QED) is 0.574. The number of hydrogen-bond donors (Lipinski definition) is 1. The van der Waals surface area contributed by atoms with Crippen molar-refractivity contribution in [3.63, 3.8) is 0 Å². The molecule has 2 aromatic carbocycles. The predicted octanol–water partition coefficient (Wildman–Crippen LogP) is 2.54. The first kappa shape index (κ1) is 23.9. The topological polar surface area (TPSA) is 104 Å². The number of nitrogens with one attached hydrogen (secondary N) is 1. The molecule has 3 amide bonds. The molecule has 3 rings (SSSR count). The zero-order chi connectivity index (χ0) is 23.5. The molecule has 0 bridgehead atoms. The van der Waals surface area contributed by atoms with Crippen LogP contribution in [0.5, 0.6) is 0 Å². The van der Waals surface area contributed by atoms with Gasteiger partial charge in [-0.25, -0.2) is 12.7 Å². The zero-order valence-electron chi connectivity index (χ0n) is 17.7. The molecule has 170 valence electrons. The molecule has 0 fully saturated rings. The van der Waals surface area contributed by atoms with Crippen molar-refractivity contribution in [2.45, 2.75) is 37.8 Å². The van der Waals surface area contributed by atoms with Crippen molar-refractivity contribution in [1.82, 2.24) is 14.5 Å². The zero-order valence-corrected chi connectivity index (χ0v) is 20.1. The Hall–Kier alpha value is -2.72. The lowest BCUT2D eigenvalue weighted by atomic mass is 10.1. The normalized spacial score (nSPS) is 15.2. The Morgan fingerprint density at radius 3 is 2.53 bits per heavy atom. The van der Waals surface area contributed by atoms with Gasteiger partial charge in [-0.05, 0) is 43.7 Å². The maximum Gasteiger partial charge on any atom is 0.269 e. The molecule has 1 aliphatic rings. The highest BCUT2D eigenvalue weighted by molar-refractivity contribution is 9.10. The summed E-state index contributed by atoms with van der Waals surface area (Å²) in [6.45, 7) is 3.69. The first-order valence-corrected chi connectivity index (χ1v) is 12.4. The van der Waals surface area contributed by atoms with Crippen molar-refractivity contribution in [3.05, 3.63) is 64.1 Å². The van der Waals surface area contributed by atoms with Crippen molar-refractivity contribution in [2.24, 2.45) is 0 Å². The van der Waals surface area contributed by atoms with Crippen LogP contribution in [0.15, 0.2) is 57.9 Å². The molecular formula is C22H24BrN3O5S. The maximum absolute atomic E-state index is 13.1. The number of likely N-dealkylation sites (N-methyl/N-ethyl adjacent to an activating group) is 1. The highest BCUT2D eigenvalue weighted by Crippen LogP contribution is 2.30. The average Bonchev–Trinajstić information content (AvgIpc) is 2.95. The Morgan fingerprint density at radius 1 is 1.16 bits per heavy atom. The van der Waals surface area contributed by atoms with E-state index in [2.05, 4.69) is 21.2 Å². The molecule has 10 heteroatoms. The summed E-state index contributed by atoms with van der Waals surface area (Å²) in [5, 5.41) is 2.70. The molecule has 0 saturated carbocycles. The van der Waals surface area contributed by atoms with Crippen LogP contribution in [0.3, 0.4) is 0 Å². The Balaban J connectivity index is 1.79. The number of benzene rings is 2. The summed E-state index contributed by atoms with van der Waals surface area (Å²) in [5.74, 6) is -1.39. The van der Waals surface area contributed by atoms with Gasteiger partial charge in [0.1, 0.15) is 10.9 Å². The maximum atomic E-state index is 13.1. The third kappa shape index (κ3) is 4.86. The van der Waals surface area contributed by atoms with Crippen molar-refractivity contribution >= 4 is 43.7 Å². The molecule has 1 heterocycles. The van der Waals surface area contributed by atoms with Crippen LogP contribution in [0, 0.1) is 0 Å². The fourth-order valence-corrected chi connectivity index (χ4v) is 5.55. The molecule has 8 nitrogen and oxygen atoms in total. The molecule has 1 aliphatic heterocycles. The van der Waals surface area contributed by atoms with E-state index in [0.29, 0.717) is 6.54 Å². The fraction of sp³-hybridized carbons (Fsp3) is 0.318. The summed E-state index contributed by atoms with van der Waals surface area (Å²) < 4.78 is 27.0. The molecule has 0 unspecified atom stereocenters. The monoisotopic (exact) mass is 521 g/mol. The molecule has 2 aromatic rings. The SMILES string of the molecule is CCNC(=O)[C@H](C)N(Cc1cccc(Br)c1)C(=O)CCN1C(=O)c2ccccc2S1(=O)=O. The van der Waals surface area contributed by atoms with E-state index in [-0.39, 0.29) is 35.9 Å². The highest BCUT2D eigenvalue weighted by atomic mass is 79.9. The van der Waals surface area contributed by atoms with Crippen molar-refractivity contribution in [2.75, 3.05) is 13.1 Å². The van der Waals surface area contributed by atoms with Gasteiger partial charge in [-0.2, -0.15) is 0 Å². The van der Waals surface area contributed by atoms with Gasteiger partial charge in [0.2, 0.25) is 11.8 Å². The first-order chi connectivity index (χ1) is 15.2. The Kier molecular flexibility index (Phi) is 7.35. The second-order valence-corrected chi connectivity index (χ2v) is 10.1. The van der Waals surface area contributed by atoms with Gasteiger partial charge >= 0.3 is 0 Å². The third-order valence-electron chi connectivity index (χ3n) is 5.20. The highest BCUT2D eigenvalue weighted by Gasteiger charge is 2.41. The van der Waals surface area contributed by atoms with Gasteiger partial charge in [0, 0.05) is 30.5 Å². The first-order valence-electron chi connectivity index (χ1n) is 10.1.